The van der Waals surface area contributed by atoms with Crippen molar-refractivity contribution in [1.82, 2.24) is 9.80 Å². The van der Waals surface area contributed by atoms with Crippen LogP contribution in [0.1, 0.15) is 19.4 Å². The number of amides is 1. The number of fused-ring (bicyclic) bond motifs is 1. The molecule has 0 saturated carbocycles. The highest BCUT2D eigenvalue weighted by molar-refractivity contribution is 7.91. The van der Waals surface area contributed by atoms with E-state index in [-0.39, 0.29) is 29.5 Å². The van der Waals surface area contributed by atoms with Crippen LogP contribution in [0.5, 0.6) is 0 Å². The summed E-state index contributed by atoms with van der Waals surface area (Å²) in [7, 11) is -3.11. The maximum absolute atomic E-state index is 12.7. The van der Waals surface area contributed by atoms with Crippen LogP contribution in [0.3, 0.4) is 0 Å². The van der Waals surface area contributed by atoms with E-state index in [1.807, 2.05) is 44.2 Å². The third kappa shape index (κ3) is 4.43. The molecule has 2 atom stereocenters. The molecule has 26 heavy (non-hydrogen) atoms. The van der Waals surface area contributed by atoms with Gasteiger partial charge in [-0.15, -0.1) is 0 Å². The van der Waals surface area contributed by atoms with Gasteiger partial charge in [-0.3, -0.25) is 9.69 Å². The van der Waals surface area contributed by atoms with Crippen molar-refractivity contribution in [2.45, 2.75) is 25.9 Å². The molecule has 2 saturated heterocycles. The molecule has 1 aromatic carbocycles. The minimum absolute atomic E-state index is 0.0634. The predicted octanol–water partition coefficient (Wildman–Crippen LogP) is 1.98. The molecule has 140 valence electrons. The maximum atomic E-state index is 12.7. The van der Waals surface area contributed by atoms with Gasteiger partial charge < -0.3 is 4.90 Å². The quantitative estimate of drug-likeness (QED) is 0.597. The summed E-state index contributed by atoms with van der Waals surface area (Å²) in [6.45, 7) is 6.07. The monoisotopic (exact) mass is 374 g/mol. The third-order valence-corrected chi connectivity index (χ3v) is 6.72. The molecule has 2 fully saturated rings. The van der Waals surface area contributed by atoms with Crippen LogP contribution in [-0.2, 0) is 14.6 Å². The second kappa shape index (κ2) is 7.76. The first-order chi connectivity index (χ1) is 12.4. The lowest BCUT2D eigenvalue weighted by Gasteiger charge is -2.43. The van der Waals surface area contributed by atoms with Gasteiger partial charge in [-0.1, -0.05) is 42.0 Å². The molecule has 0 radical (unpaired) electrons. The first-order valence-electron chi connectivity index (χ1n) is 8.97. The summed E-state index contributed by atoms with van der Waals surface area (Å²) in [6, 6.07) is 9.27. The molecule has 0 aliphatic carbocycles. The van der Waals surface area contributed by atoms with Gasteiger partial charge in [0, 0.05) is 31.8 Å². The topological polar surface area (TPSA) is 57.7 Å². The summed E-state index contributed by atoms with van der Waals surface area (Å²) in [6.07, 6.45) is 5.47. The van der Waals surface area contributed by atoms with E-state index in [2.05, 4.69) is 11.0 Å². The zero-order chi connectivity index (χ0) is 18.7. The van der Waals surface area contributed by atoms with Gasteiger partial charge in [0.1, 0.15) is 0 Å². The van der Waals surface area contributed by atoms with Gasteiger partial charge in [-0.05, 0) is 25.5 Å². The van der Waals surface area contributed by atoms with Crippen molar-refractivity contribution in [1.29, 1.82) is 0 Å². The summed E-state index contributed by atoms with van der Waals surface area (Å²) in [5, 5.41) is 0. The number of hydrogen-bond donors (Lipinski definition) is 0. The Morgan fingerprint density at radius 1 is 1.12 bits per heavy atom. The van der Waals surface area contributed by atoms with E-state index >= 15 is 0 Å². The van der Waals surface area contributed by atoms with E-state index in [9.17, 15) is 13.2 Å². The Balaban J connectivity index is 1.76. The zero-order valence-electron chi connectivity index (χ0n) is 15.3. The number of allylic oxidation sites excluding steroid dienone is 1. The van der Waals surface area contributed by atoms with E-state index in [1.165, 1.54) is 5.57 Å². The fourth-order valence-electron chi connectivity index (χ4n) is 3.65. The van der Waals surface area contributed by atoms with E-state index in [0.29, 0.717) is 13.1 Å². The summed E-state index contributed by atoms with van der Waals surface area (Å²) < 4.78 is 24.5. The standard InChI is InChI=1S/C20H26N2O3S/c1-16(2)10-11-21-12-13-22(19-15-26(24,25)14-18(19)21)20(23)9-8-17-6-4-3-5-7-17/h3-10,18-19H,11-15H2,1-2H3/b9-8+/t18-,19+/m1/s1. The van der Waals surface area contributed by atoms with Crippen LogP contribution < -0.4 is 0 Å². The summed E-state index contributed by atoms with van der Waals surface area (Å²) in [4.78, 5) is 16.7. The van der Waals surface area contributed by atoms with E-state index in [4.69, 9.17) is 0 Å². The zero-order valence-corrected chi connectivity index (χ0v) is 16.2. The second-order valence-electron chi connectivity index (χ2n) is 7.26. The highest BCUT2D eigenvalue weighted by Crippen LogP contribution is 2.27. The molecule has 5 nitrogen and oxygen atoms in total. The van der Waals surface area contributed by atoms with Crippen molar-refractivity contribution >= 4 is 21.8 Å². The van der Waals surface area contributed by atoms with Crippen molar-refractivity contribution in [3.05, 3.63) is 53.6 Å². The lowest BCUT2D eigenvalue weighted by atomic mass is 10.0. The molecule has 1 aromatic rings. The summed E-state index contributed by atoms with van der Waals surface area (Å²) in [5.74, 6) is 0.0942. The number of nitrogens with zero attached hydrogens (tertiary/aromatic N) is 2. The van der Waals surface area contributed by atoms with Crippen LogP contribution >= 0.6 is 0 Å². The van der Waals surface area contributed by atoms with Crippen molar-refractivity contribution in [2.75, 3.05) is 31.1 Å². The fraction of sp³-hybridized carbons (Fsp3) is 0.450. The van der Waals surface area contributed by atoms with Gasteiger partial charge in [0.2, 0.25) is 5.91 Å². The average Bonchev–Trinajstić information content (AvgIpc) is 2.93. The molecule has 6 heteroatoms. The lowest BCUT2D eigenvalue weighted by molar-refractivity contribution is -0.131. The Morgan fingerprint density at radius 2 is 1.81 bits per heavy atom. The minimum Gasteiger partial charge on any atom is -0.332 e. The Morgan fingerprint density at radius 3 is 2.50 bits per heavy atom. The molecule has 0 bridgehead atoms. The number of carbonyl (C=O) groups is 1. The molecular formula is C20H26N2O3S. The number of hydrogen-bond acceptors (Lipinski definition) is 4. The highest BCUT2D eigenvalue weighted by Gasteiger charge is 2.47. The molecule has 1 amide bonds. The van der Waals surface area contributed by atoms with Crippen LogP contribution in [0, 0.1) is 0 Å². The number of rotatable bonds is 4. The Bertz CT molecular complexity index is 811. The lowest BCUT2D eigenvalue weighted by Crippen LogP contribution is -2.60. The first-order valence-corrected chi connectivity index (χ1v) is 10.8. The van der Waals surface area contributed by atoms with Crippen LogP contribution in [0.25, 0.3) is 6.08 Å². The summed E-state index contributed by atoms with van der Waals surface area (Å²) in [5.41, 5.74) is 2.17. The minimum atomic E-state index is -3.11. The van der Waals surface area contributed by atoms with Gasteiger partial charge in [-0.2, -0.15) is 0 Å². The number of carbonyl (C=O) groups excluding carboxylic acids is 1. The van der Waals surface area contributed by atoms with Crippen LogP contribution in [-0.4, -0.2) is 67.3 Å². The van der Waals surface area contributed by atoms with Gasteiger partial charge in [-0.25, -0.2) is 8.42 Å². The molecule has 2 aliphatic rings. The van der Waals surface area contributed by atoms with Crippen LogP contribution in [0.2, 0.25) is 0 Å². The fourth-order valence-corrected chi connectivity index (χ4v) is 5.66. The van der Waals surface area contributed by atoms with Gasteiger partial charge in [0.05, 0.1) is 17.5 Å². The average molecular weight is 375 g/mol. The molecule has 0 unspecified atom stereocenters. The maximum Gasteiger partial charge on any atom is 0.246 e. The van der Waals surface area contributed by atoms with E-state index < -0.39 is 9.84 Å². The second-order valence-corrected chi connectivity index (χ2v) is 9.42. The molecular weight excluding hydrogens is 348 g/mol. The first kappa shape index (κ1) is 18.9. The third-order valence-electron chi connectivity index (χ3n) is 5.03. The van der Waals surface area contributed by atoms with Crippen LogP contribution in [0.4, 0.5) is 0 Å². The van der Waals surface area contributed by atoms with Gasteiger partial charge in [0.15, 0.2) is 9.84 Å². The number of benzene rings is 1. The molecule has 0 spiro atoms. The van der Waals surface area contributed by atoms with Crippen molar-refractivity contribution < 1.29 is 13.2 Å². The predicted molar refractivity (Wildman–Crippen MR) is 104 cm³/mol. The van der Waals surface area contributed by atoms with Gasteiger partial charge >= 0.3 is 0 Å². The van der Waals surface area contributed by atoms with Crippen LogP contribution in [0.15, 0.2) is 48.1 Å². The Labute approximate surface area is 155 Å². The van der Waals surface area contributed by atoms with Gasteiger partial charge in [0.25, 0.3) is 0 Å². The van der Waals surface area contributed by atoms with Crippen molar-refractivity contribution in [3.63, 3.8) is 0 Å². The summed E-state index contributed by atoms with van der Waals surface area (Å²) >= 11 is 0. The normalized spacial score (nSPS) is 25.2. The Kier molecular flexibility index (Phi) is 5.63. The smallest absolute Gasteiger partial charge is 0.246 e. The largest absolute Gasteiger partial charge is 0.332 e. The number of piperazine rings is 1. The van der Waals surface area contributed by atoms with E-state index in [1.54, 1.807) is 17.1 Å². The van der Waals surface area contributed by atoms with Crippen molar-refractivity contribution in [2.24, 2.45) is 0 Å². The Hall–Kier alpha value is -1.92. The molecule has 0 N–H and O–H groups in total. The molecule has 3 rings (SSSR count). The van der Waals surface area contributed by atoms with E-state index in [0.717, 1.165) is 12.1 Å². The molecule has 0 aromatic heterocycles. The molecule has 2 heterocycles. The molecule has 2 aliphatic heterocycles. The SMILES string of the molecule is CC(C)=CCN1CCN(C(=O)/C=C/c2ccccc2)[C@H]2CS(=O)(=O)C[C@H]21. The highest BCUT2D eigenvalue weighted by atomic mass is 32.2. The number of sulfone groups is 1. The van der Waals surface area contributed by atoms with Crippen molar-refractivity contribution in [3.8, 4) is 0 Å².